The van der Waals surface area contributed by atoms with Gasteiger partial charge in [0.1, 0.15) is 5.69 Å². The molecule has 0 aliphatic heterocycles. The van der Waals surface area contributed by atoms with Gasteiger partial charge in [0, 0.05) is 11.9 Å². The molecule has 1 aromatic rings. The van der Waals surface area contributed by atoms with Gasteiger partial charge in [-0.1, -0.05) is 0 Å². The number of carbonyl (C=O) groups is 2. The lowest BCUT2D eigenvalue weighted by Gasteiger charge is -2.25. The molecule has 1 aromatic heterocycles. The number of carboxylic acid groups (broad SMARTS) is 1. The second kappa shape index (κ2) is 6.14. The highest BCUT2D eigenvalue weighted by Crippen LogP contribution is 2.28. The number of aliphatic carboxylic acids is 1. The van der Waals surface area contributed by atoms with Crippen molar-refractivity contribution in [1.82, 2.24) is 10.3 Å². The summed E-state index contributed by atoms with van der Waals surface area (Å²) in [4.78, 5) is 26.8. The minimum Gasteiger partial charge on any atom is -0.481 e. The molecule has 104 valence electrons. The number of aromatic nitrogens is 1. The Balaban J connectivity index is 1.75. The van der Waals surface area contributed by atoms with Crippen LogP contribution in [0.1, 0.15) is 41.2 Å². The van der Waals surface area contributed by atoms with Gasteiger partial charge in [0.15, 0.2) is 0 Å². The van der Waals surface area contributed by atoms with Crippen LogP contribution in [-0.2, 0) is 4.79 Å². The summed E-state index contributed by atoms with van der Waals surface area (Å²) >= 11 is 1.46. The second-order valence-electron chi connectivity index (χ2n) is 5.02. The lowest BCUT2D eigenvalue weighted by atomic mass is 9.82. The molecule has 0 saturated heterocycles. The van der Waals surface area contributed by atoms with E-state index in [2.05, 4.69) is 10.3 Å². The van der Waals surface area contributed by atoms with E-state index in [9.17, 15) is 9.59 Å². The Morgan fingerprint density at radius 2 is 2.11 bits per heavy atom. The number of nitrogens with one attached hydrogen (secondary N) is 1. The molecule has 5 nitrogen and oxygen atoms in total. The molecule has 2 rings (SSSR count). The van der Waals surface area contributed by atoms with Gasteiger partial charge in [-0.05, 0) is 38.5 Å². The van der Waals surface area contributed by atoms with E-state index in [-0.39, 0.29) is 11.8 Å². The summed E-state index contributed by atoms with van der Waals surface area (Å²) in [6.07, 6.45) is 3.16. The van der Waals surface area contributed by atoms with Crippen LogP contribution >= 0.6 is 11.3 Å². The number of aryl methyl sites for hydroxylation is 1. The van der Waals surface area contributed by atoms with Crippen molar-refractivity contribution in [2.75, 3.05) is 6.54 Å². The predicted molar refractivity (Wildman–Crippen MR) is 72.3 cm³/mol. The first-order valence-corrected chi connectivity index (χ1v) is 7.37. The molecule has 0 spiro atoms. The fraction of sp³-hybridized carbons (Fsp3) is 0.615. The molecular formula is C13H18N2O3S. The molecule has 0 bridgehead atoms. The summed E-state index contributed by atoms with van der Waals surface area (Å²) in [5.74, 6) is -0.641. The SMILES string of the molecule is Cc1nc(C(=O)NCC2CCC(C(=O)O)CC2)cs1. The van der Waals surface area contributed by atoms with Crippen molar-refractivity contribution >= 4 is 23.2 Å². The fourth-order valence-corrected chi connectivity index (χ4v) is 3.00. The summed E-state index contributed by atoms with van der Waals surface area (Å²) in [7, 11) is 0. The van der Waals surface area contributed by atoms with Crippen molar-refractivity contribution in [1.29, 1.82) is 0 Å². The third kappa shape index (κ3) is 3.76. The lowest BCUT2D eigenvalue weighted by molar-refractivity contribution is -0.143. The van der Waals surface area contributed by atoms with E-state index >= 15 is 0 Å². The molecule has 1 saturated carbocycles. The van der Waals surface area contributed by atoms with Gasteiger partial charge in [0.05, 0.1) is 10.9 Å². The van der Waals surface area contributed by atoms with E-state index in [1.807, 2.05) is 6.92 Å². The topological polar surface area (TPSA) is 79.3 Å². The van der Waals surface area contributed by atoms with E-state index in [0.29, 0.717) is 31.0 Å². The average Bonchev–Trinajstić information content (AvgIpc) is 2.83. The Morgan fingerprint density at radius 1 is 1.42 bits per heavy atom. The maximum atomic E-state index is 11.8. The van der Waals surface area contributed by atoms with E-state index in [0.717, 1.165) is 17.8 Å². The second-order valence-corrected chi connectivity index (χ2v) is 6.08. The molecule has 1 fully saturated rings. The van der Waals surface area contributed by atoms with Crippen LogP contribution in [0.4, 0.5) is 0 Å². The fourth-order valence-electron chi connectivity index (χ4n) is 2.41. The zero-order valence-electron chi connectivity index (χ0n) is 10.9. The Morgan fingerprint density at radius 3 is 2.63 bits per heavy atom. The normalized spacial score (nSPS) is 23.0. The summed E-state index contributed by atoms with van der Waals surface area (Å²) in [6, 6.07) is 0. The van der Waals surface area contributed by atoms with Gasteiger partial charge in [-0.25, -0.2) is 4.98 Å². The zero-order chi connectivity index (χ0) is 13.8. The number of carbonyl (C=O) groups excluding carboxylic acids is 1. The van der Waals surface area contributed by atoms with E-state index in [4.69, 9.17) is 5.11 Å². The third-order valence-corrected chi connectivity index (χ3v) is 4.37. The lowest BCUT2D eigenvalue weighted by Crippen LogP contribution is -2.32. The standard InChI is InChI=1S/C13H18N2O3S/c1-8-15-11(7-19-8)12(16)14-6-9-2-4-10(5-3-9)13(17)18/h7,9-10H,2-6H2,1H3,(H,14,16)(H,17,18). The molecule has 0 aromatic carbocycles. The molecule has 1 heterocycles. The molecule has 1 aliphatic rings. The van der Waals surface area contributed by atoms with Gasteiger partial charge in [-0.15, -0.1) is 11.3 Å². The molecule has 0 unspecified atom stereocenters. The smallest absolute Gasteiger partial charge is 0.306 e. The van der Waals surface area contributed by atoms with Crippen molar-refractivity contribution in [3.8, 4) is 0 Å². The van der Waals surface area contributed by atoms with E-state index < -0.39 is 5.97 Å². The number of hydrogen-bond acceptors (Lipinski definition) is 4. The van der Waals surface area contributed by atoms with E-state index in [1.165, 1.54) is 11.3 Å². The van der Waals surface area contributed by atoms with Crippen LogP contribution in [0, 0.1) is 18.8 Å². The van der Waals surface area contributed by atoms with Crippen molar-refractivity contribution in [3.63, 3.8) is 0 Å². The van der Waals surface area contributed by atoms with Crippen molar-refractivity contribution in [2.45, 2.75) is 32.6 Å². The van der Waals surface area contributed by atoms with Crippen LogP contribution in [0.25, 0.3) is 0 Å². The maximum absolute atomic E-state index is 11.8. The summed E-state index contributed by atoms with van der Waals surface area (Å²) in [5.41, 5.74) is 0.474. The monoisotopic (exact) mass is 282 g/mol. The number of hydrogen-bond donors (Lipinski definition) is 2. The Labute approximate surface area is 116 Å². The highest BCUT2D eigenvalue weighted by molar-refractivity contribution is 7.09. The first-order chi connectivity index (χ1) is 9.06. The number of amides is 1. The molecule has 0 radical (unpaired) electrons. The van der Waals surface area contributed by atoms with Gasteiger partial charge >= 0.3 is 5.97 Å². The van der Waals surface area contributed by atoms with Crippen LogP contribution in [0.2, 0.25) is 0 Å². The summed E-state index contributed by atoms with van der Waals surface area (Å²) < 4.78 is 0. The quantitative estimate of drug-likeness (QED) is 0.886. The first kappa shape index (κ1) is 14.0. The predicted octanol–water partition coefficient (Wildman–Crippen LogP) is 2.07. The molecule has 19 heavy (non-hydrogen) atoms. The number of rotatable bonds is 4. The zero-order valence-corrected chi connectivity index (χ0v) is 11.7. The highest BCUT2D eigenvalue weighted by Gasteiger charge is 2.26. The Bertz CT molecular complexity index is 464. The molecule has 0 atom stereocenters. The van der Waals surface area contributed by atoms with Gasteiger partial charge in [0.2, 0.25) is 0 Å². The average molecular weight is 282 g/mol. The van der Waals surface area contributed by atoms with Gasteiger partial charge in [-0.2, -0.15) is 0 Å². The van der Waals surface area contributed by atoms with Crippen LogP contribution in [-0.4, -0.2) is 28.5 Å². The number of nitrogens with zero attached hydrogens (tertiary/aromatic N) is 1. The molecule has 1 aliphatic carbocycles. The Hall–Kier alpha value is -1.43. The molecular weight excluding hydrogens is 264 g/mol. The number of carboxylic acids is 1. The molecule has 1 amide bonds. The maximum Gasteiger partial charge on any atom is 0.306 e. The van der Waals surface area contributed by atoms with Gasteiger partial charge in [-0.3, -0.25) is 9.59 Å². The van der Waals surface area contributed by atoms with Gasteiger partial charge < -0.3 is 10.4 Å². The highest BCUT2D eigenvalue weighted by atomic mass is 32.1. The van der Waals surface area contributed by atoms with Gasteiger partial charge in [0.25, 0.3) is 5.91 Å². The first-order valence-electron chi connectivity index (χ1n) is 6.49. The van der Waals surface area contributed by atoms with Crippen LogP contribution in [0.3, 0.4) is 0 Å². The van der Waals surface area contributed by atoms with Crippen molar-refractivity contribution in [2.24, 2.45) is 11.8 Å². The van der Waals surface area contributed by atoms with E-state index in [1.54, 1.807) is 5.38 Å². The van der Waals surface area contributed by atoms with Crippen molar-refractivity contribution in [3.05, 3.63) is 16.1 Å². The Kier molecular flexibility index (Phi) is 4.52. The van der Waals surface area contributed by atoms with Crippen LogP contribution in [0.15, 0.2) is 5.38 Å². The molecule has 2 N–H and O–H groups in total. The third-order valence-electron chi connectivity index (χ3n) is 3.60. The van der Waals surface area contributed by atoms with Crippen LogP contribution in [0.5, 0.6) is 0 Å². The van der Waals surface area contributed by atoms with Crippen molar-refractivity contribution < 1.29 is 14.7 Å². The summed E-state index contributed by atoms with van der Waals surface area (Å²) in [5, 5.41) is 14.4. The van der Waals surface area contributed by atoms with Crippen LogP contribution < -0.4 is 5.32 Å². The largest absolute Gasteiger partial charge is 0.481 e. The number of thiazole rings is 1. The summed E-state index contributed by atoms with van der Waals surface area (Å²) in [6.45, 7) is 2.48. The molecule has 6 heteroatoms. The minimum atomic E-state index is -0.694. The minimum absolute atomic E-state index is 0.135.